The number of nitrogen functional groups attached to an aromatic ring is 1. The smallest absolute Gasteiger partial charge is 0.131 e. The van der Waals surface area contributed by atoms with E-state index >= 15 is 0 Å². The van der Waals surface area contributed by atoms with Gasteiger partial charge in [-0.1, -0.05) is 13.8 Å². The lowest BCUT2D eigenvalue weighted by atomic mass is 10.2. The van der Waals surface area contributed by atoms with Gasteiger partial charge in [0.25, 0.3) is 0 Å². The number of hydrogen-bond acceptors (Lipinski definition) is 4. The molecule has 0 fully saturated rings. The standard InChI is InChI=1S/C12H17N5/c1-3-7-17-10(5-6-14-17)9-8-11(13)16-12(4-2)15-9/h5-6,8H,3-4,7H2,1-2H3,(H2,13,15,16). The number of nitrogens with zero attached hydrogens (tertiary/aromatic N) is 4. The third-order valence-electron chi connectivity index (χ3n) is 2.52. The highest BCUT2D eigenvalue weighted by molar-refractivity contribution is 5.57. The van der Waals surface area contributed by atoms with Crippen LogP contribution < -0.4 is 5.73 Å². The molecule has 90 valence electrons. The van der Waals surface area contributed by atoms with Gasteiger partial charge in [-0.2, -0.15) is 5.10 Å². The van der Waals surface area contributed by atoms with E-state index in [1.807, 2.05) is 17.7 Å². The molecule has 0 amide bonds. The molecule has 0 aromatic carbocycles. The van der Waals surface area contributed by atoms with E-state index < -0.39 is 0 Å². The van der Waals surface area contributed by atoms with Crippen LogP contribution in [-0.4, -0.2) is 19.7 Å². The molecule has 0 unspecified atom stereocenters. The van der Waals surface area contributed by atoms with Crippen molar-refractivity contribution in [2.24, 2.45) is 0 Å². The van der Waals surface area contributed by atoms with Crippen LogP contribution in [0.5, 0.6) is 0 Å². The third kappa shape index (κ3) is 2.43. The molecule has 5 nitrogen and oxygen atoms in total. The quantitative estimate of drug-likeness (QED) is 0.872. The number of aromatic nitrogens is 4. The molecule has 0 saturated heterocycles. The lowest BCUT2D eigenvalue weighted by Gasteiger charge is -2.07. The lowest BCUT2D eigenvalue weighted by Crippen LogP contribution is -2.05. The maximum Gasteiger partial charge on any atom is 0.131 e. The Morgan fingerprint density at radius 1 is 1.29 bits per heavy atom. The molecule has 0 radical (unpaired) electrons. The second-order valence-corrected chi connectivity index (χ2v) is 3.89. The highest BCUT2D eigenvalue weighted by Gasteiger charge is 2.08. The Bertz CT molecular complexity index is 503. The van der Waals surface area contributed by atoms with E-state index in [0.717, 1.165) is 36.6 Å². The molecule has 0 aliphatic rings. The average molecular weight is 231 g/mol. The minimum absolute atomic E-state index is 0.510. The summed E-state index contributed by atoms with van der Waals surface area (Å²) in [5.74, 6) is 1.28. The first-order chi connectivity index (χ1) is 8.24. The molecular weight excluding hydrogens is 214 g/mol. The molecule has 0 saturated carbocycles. The summed E-state index contributed by atoms with van der Waals surface area (Å²) in [4.78, 5) is 8.66. The van der Waals surface area contributed by atoms with Crippen LogP contribution in [-0.2, 0) is 13.0 Å². The summed E-state index contributed by atoms with van der Waals surface area (Å²) in [5, 5.41) is 4.28. The SMILES string of the molecule is CCCn1nccc1-c1cc(N)nc(CC)n1. The summed E-state index contributed by atoms with van der Waals surface area (Å²) in [6.45, 7) is 5.02. The fraction of sp³-hybridized carbons (Fsp3) is 0.417. The number of aryl methyl sites for hydroxylation is 2. The molecule has 0 aliphatic heterocycles. The molecule has 0 bridgehead atoms. The van der Waals surface area contributed by atoms with Crippen LogP contribution in [0.1, 0.15) is 26.1 Å². The molecule has 2 aromatic heterocycles. The van der Waals surface area contributed by atoms with Gasteiger partial charge in [0.15, 0.2) is 0 Å². The minimum atomic E-state index is 0.510. The van der Waals surface area contributed by atoms with Crippen LogP contribution in [0.25, 0.3) is 11.4 Å². The van der Waals surface area contributed by atoms with Crippen molar-refractivity contribution in [1.82, 2.24) is 19.7 Å². The normalized spacial score (nSPS) is 10.7. The van der Waals surface area contributed by atoms with Gasteiger partial charge in [-0.15, -0.1) is 0 Å². The van der Waals surface area contributed by atoms with Crippen molar-refractivity contribution >= 4 is 5.82 Å². The van der Waals surface area contributed by atoms with Crippen LogP contribution in [0.2, 0.25) is 0 Å². The number of rotatable bonds is 4. The van der Waals surface area contributed by atoms with Gasteiger partial charge in [-0.3, -0.25) is 4.68 Å². The number of hydrogen-bond donors (Lipinski definition) is 1. The van der Waals surface area contributed by atoms with Crippen molar-refractivity contribution in [3.63, 3.8) is 0 Å². The van der Waals surface area contributed by atoms with E-state index in [9.17, 15) is 0 Å². The monoisotopic (exact) mass is 231 g/mol. The molecule has 0 aliphatic carbocycles. The maximum atomic E-state index is 5.78. The van der Waals surface area contributed by atoms with Crippen molar-refractivity contribution in [3.8, 4) is 11.4 Å². The fourth-order valence-electron chi connectivity index (χ4n) is 1.75. The first-order valence-corrected chi connectivity index (χ1v) is 5.90. The van der Waals surface area contributed by atoms with Gasteiger partial charge in [0.2, 0.25) is 0 Å². The fourth-order valence-corrected chi connectivity index (χ4v) is 1.75. The summed E-state index contributed by atoms with van der Waals surface area (Å²) in [7, 11) is 0. The van der Waals surface area contributed by atoms with Crippen LogP contribution >= 0.6 is 0 Å². The summed E-state index contributed by atoms with van der Waals surface area (Å²) < 4.78 is 1.95. The Kier molecular flexibility index (Phi) is 3.37. The van der Waals surface area contributed by atoms with E-state index in [1.54, 1.807) is 12.3 Å². The van der Waals surface area contributed by atoms with Gasteiger partial charge in [-0.25, -0.2) is 9.97 Å². The predicted molar refractivity (Wildman–Crippen MR) is 67.3 cm³/mol. The van der Waals surface area contributed by atoms with Crippen LogP contribution in [0.3, 0.4) is 0 Å². The predicted octanol–water partition coefficient (Wildman–Crippen LogP) is 1.89. The summed E-state index contributed by atoms with van der Waals surface area (Å²) in [5.41, 5.74) is 7.63. The van der Waals surface area contributed by atoms with E-state index in [-0.39, 0.29) is 0 Å². The lowest BCUT2D eigenvalue weighted by molar-refractivity contribution is 0.607. The summed E-state index contributed by atoms with van der Waals surface area (Å²) >= 11 is 0. The van der Waals surface area contributed by atoms with Gasteiger partial charge >= 0.3 is 0 Å². The Balaban J connectivity index is 2.44. The summed E-state index contributed by atoms with van der Waals surface area (Å²) in [6.07, 6.45) is 3.60. The molecule has 5 heteroatoms. The zero-order valence-corrected chi connectivity index (χ0v) is 10.2. The van der Waals surface area contributed by atoms with E-state index in [4.69, 9.17) is 5.73 Å². The van der Waals surface area contributed by atoms with Crippen molar-refractivity contribution in [1.29, 1.82) is 0 Å². The highest BCUT2D eigenvalue weighted by Crippen LogP contribution is 2.18. The zero-order chi connectivity index (χ0) is 12.3. The third-order valence-corrected chi connectivity index (χ3v) is 2.52. The average Bonchev–Trinajstić information content (AvgIpc) is 2.77. The summed E-state index contributed by atoms with van der Waals surface area (Å²) in [6, 6.07) is 3.75. The van der Waals surface area contributed by atoms with Gasteiger partial charge in [0.05, 0.1) is 11.4 Å². The first kappa shape index (κ1) is 11.6. The molecule has 0 atom stereocenters. The van der Waals surface area contributed by atoms with Gasteiger partial charge in [0, 0.05) is 25.2 Å². The highest BCUT2D eigenvalue weighted by atomic mass is 15.3. The van der Waals surface area contributed by atoms with Crippen LogP contribution in [0.15, 0.2) is 18.3 Å². The van der Waals surface area contributed by atoms with Crippen molar-refractivity contribution in [2.75, 3.05) is 5.73 Å². The largest absolute Gasteiger partial charge is 0.384 e. The second-order valence-electron chi connectivity index (χ2n) is 3.89. The molecule has 0 spiro atoms. The topological polar surface area (TPSA) is 69.6 Å². The maximum absolute atomic E-state index is 5.78. The van der Waals surface area contributed by atoms with E-state index in [0.29, 0.717) is 5.82 Å². The van der Waals surface area contributed by atoms with E-state index in [1.165, 1.54) is 0 Å². The zero-order valence-electron chi connectivity index (χ0n) is 10.2. The Morgan fingerprint density at radius 3 is 2.82 bits per heavy atom. The van der Waals surface area contributed by atoms with Crippen molar-refractivity contribution in [3.05, 3.63) is 24.2 Å². The molecule has 2 aromatic rings. The molecule has 2 rings (SSSR count). The first-order valence-electron chi connectivity index (χ1n) is 5.90. The minimum Gasteiger partial charge on any atom is -0.384 e. The number of anilines is 1. The Morgan fingerprint density at radius 2 is 2.12 bits per heavy atom. The van der Waals surface area contributed by atoms with Gasteiger partial charge in [0.1, 0.15) is 11.6 Å². The Labute approximate surface area is 101 Å². The van der Waals surface area contributed by atoms with Gasteiger partial charge < -0.3 is 5.73 Å². The van der Waals surface area contributed by atoms with Crippen molar-refractivity contribution in [2.45, 2.75) is 33.2 Å². The second kappa shape index (κ2) is 4.95. The molecule has 17 heavy (non-hydrogen) atoms. The van der Waals surface area contributed by atoms with Crippen LogP contribution in [0.4, 0.5) is 5.82 Å². The molecular formula is C12H17N5. The van der Waals surface area contributed by atoms with Gasteiger partial charge in [-0.05, 0) is 12.5 Å². The van der Waals surface area contributed by atoms with Crippen molar-refractivity contribution < 1.29 is 0 Å². The van der Waals surface area contributed by atoms with Crippen LogP contribution in [0, 0.1) is 0 Å². The Hall–Kier alpha value is -1.91. The van der Waals surface area contributed by atoms with E-state index in [2.05, 4.69) is 22.0 Å². The molecule has 2 heterocycles. The number of nitrogens with two attached hydrogens (primary N) is 1. The molecule has 2 N–H and O–H groups in total.